The number of benzene rings is 1. The molecule has 1 aliphatic heterocycles. The Morgan fingerprint density at radius 2 is 2.04 bits per heavy atom. The van der Waals surface area contributed by atoms with Crippen LogP contribution in [0.5, 0.6) is 0 Å². The van der Waals surface area contributed by atoms with E-state index < -0.39 is 11.6 Å². The van der Waals surface area contributed by atoms with E-state index in [1.807, 2.05) is 6.07 Å². The summed E-state index contributed by atoms with van der Waals surface area (Å²) >= 11 is 0. The highest BCUT2D eigenvalue weighted by Crippen LogP contribution is 2.27. The quantitative estimate of drug-likeness (QED) is 0.881. The molecule has 1 saturated heterocycles. The van der Waals surface area contributed by atoms with E-state index in [1.165, 1.54) is 11.3 Å². The Morgan fingerprint density at radius 1 is 1.40 bits per heavy atom. The van der Waals surface area contributed by atoms with Crippen molar-refractivity contribution >= 4 is 11.6 Å². The molecule has 1 amide bonds. The third-order valence-electron chi connectivity index (χ3n) is 4.73. The molecular formula is C20H30N4O. The predicted molar refractivity (Wildman–Crippen MR) is 101 cm³/mol. The molecule has 0 bridgehead atoms. The molecule has 2 rings (SSSR count). The number of nitrogens with one attached hydrogen (secondary N) is 1. The van der Waals surface area contributed by atoms with Gasteiger partial charge in [0, 0.05) is 31.6 Å². The Labute approximate surface area is 151 Å². The maximum Gasteiger partial charge on any atom is 0.238 e. The van der Waals surface area contributed by atoms with Crippen LogP contribution in [-0.4, -0.2) is 30.6 Å². The summed E-state index contributed by atoms with van der Waals surface area (Å²) < 4.78 is 0. The fraction of sp³-hybridized carbons (Fsp3) is 0.600. The lowest BCUT2D eigenvalue weighted by Crippen LogP contribution is -2.58. The van der Waals surface area contributed by atoms with Gasteiger partial charge >= 0.3 is 0 Å². The Hall–Kier alpha value is -2.06. The molecule has 1 aromatic carbocycles. The fourth-order valence-electron chi connectivity index (χ4n) is 3.32. The van der Waals surface area contributed by atoms with E-state index in [0.717, 1.165) is 13.1 Å². The molecule has 1 atom stereocenters. The van der Waals surface area contributed by atoms with Crippen LogP contribution in [0, 0.1) is 23.7 Å². The van der Waals surface area contributed by atoms with Gasteiger partial charge in [0.15, 0.2) is 0 Å². The van der Waals surface area contributed by atoms with Crippen LogP contribution in [0.3, 0.4) is 0 Å². The number of nitriles is 1. The molecule has 5 nitrogen and oxygen atoms in total. The summed E-state index contributed by atoms with van der Waals surface area (Å²) in [5.41, 5.74) is 7.59. The average molecular weight is 342 g/mol. The number of piperidine rings is 1. The fourth-order valence-corrected chi connectivity index (χ4v) is 3.32. The standard InChI is InChI=1S/C20H30N4O/c1-15-6-5-7-16(12-15)24-10-8-20(14-21,9-11-24)23-18(25)17(22)13-19(2,3)4/h5-7,12,17H,8-11,13,22H2,1-4H3,(H,23,25). The molecule has 0 saturated carbocycles. The maximum atomic E-state index is 12.4. The van der Waals surface area contributed by atoms with Crippen LogP contribution in [0.4, 0.5) is 5.69 Å². The Bertz CT molecular complexity index is 648. The number of anilines is 1. The van der Waals surface area contributed by atoms with Gasteiger partial charge in [-0.15, -0.1) is 0 Å². The maximum absolute atomic E-state index is 12.4. The van der Waals surface area contributed by atoms with Crippen LogP contribution in [-0.2, 0) is 4.79 Å². The number of nitrogens with zero attached hydrogens (tertiary/aromatic N) is 2. The summed E-state index contributed by atoms with van der Waals surface area (Å²) in [6.45, 7) is 9.73. The van der Waals surface area contributed by atoms with Crippen molar-refractivity contribution in [3.05, 3.63) is 29.8 Å². The van der Waals surface area contributed by atoms with Crippen LogP contribution in [0.25, 0.3) is 0 Å². The van der Waals surface area contributed by atoms with Crippen LogP contribution in [0.2, 0.25) is 0 Å². The molecule has 136 valence electrons. The first-order valence-electron chi connectivity index (χ1n) is 8.95. The van der Waals surface area contributed by atoms with Crippen molar-refractivity contribution in [3.63, 3.8) is 0 Å². The third-order valence-corrected chi connectivity index (χ3v) is 4.73. The van der Waals surface area contributed by atoms with Gasteiger partial charge in [0.05, 0.1) is 12.1 Å². The highest BCUT2D eigenvalue weighted by Gasteiger charge is 2.37. The summed E-state index contributed by atoms with van der Waals surface area (Å²) in [7, 11) is 0. The number of carbonyl (C=O) groups is 1. The highest BCUT2D eigenvalue weighted by atomic mass is 16.2. The molecule has 1 aromatic rings. The van der Waals surface area contributed by atoms with Gasteiger partial charge < -0.3 is 16.0 Å². The smallest absolute Gasteiger partial charge is 0.238 e. The SMILES string of the molecule is Cc1cccc(N2CCC(C#N)(NC(=O)C(N)CC(C)(C)C)CC2)c1. The van der Waals surface area contributed by atoms with Gasteiger partial charge in [0.1, 0.15) is 5.54 Å². The lowest BCUT2D eigenvalue weighted by atomic mass is 9.86. The molecule has 1 aliphatic rings. The number of hydrogen-bond donors (Lipinski definition) is 2. The summed E-state index contributed by atoms with van der Waals surface area (Å²) in [6.07, 6.45) is 1.80. The van der Waals surface area contributed by atoms with Gasteiger partial charge in [-0.25, -0.2) is 0 Å². The number of hydrogen-bond acceptors (Lipinski definition) is 4. The average Bonchev–Trinajstić information content (AvgIpc) is 2.54. The van der Waals surface area contributed by atoms with Crippen LogP contribution in [0.1, 0.15) is 45.6 Å². The first-order valence-corrected chi connectivity index (χ1v) is 8.95. The van der Waals surface area contributed by atoms with Crippen molar-refractivity contribution < 1.29 is 4.79 Å². The summed E-state index contributed by atoms with van der Waals surface area (Å²) in [5, 5.41) is 12.6. The summed E-state index contributed by atoms with van der Waals surface area (Å²) in [6, 6.07) is 10.1. The molecule has 1 fully saturated rings. The molecular weight excluding hydrogens is 312 g/mol. The van der Waals surface area contributed by atoms with Crippen LogP contribution in [0.15, 0.2) is 24.3 Å². The van der Waals surface area contributed by atoms with Gasteiger partial charge in [-0.2, -0.15) is 5.26 Å². The zero-order valence-electron chi connectivity index (χ0n) is 15.8. The minimum Gasteiger partial charge on any atom is -0.371 e. The minimum absolute atomic E-state index is 0.0227. The van der Waals surface area contributed by atoms with E-state index in [-0.39, 0.29) is 11.3 Å². The molecule has 0 aliphatic carbocycles. The van der Waals surface area contributed by atoms with Crippen molar-refractivity contribution in [1.29, 1.82) is 5.26 Å². The first kappa shape index (κ1) is 19.3. The van der Waals surface area contributed by atoms with E-state index in [1.54, 1.807) is 0 Å². The van der Waals surface area contributed by atoms with Gasteiger partial charge in [0.25, 0.3) is 0 Å². The monoisotopic (exact) mass is 342 g/mol. The van der Waals surface area contributed by atoms with Gasteiger partial charge in [-0.3, -0.25) is 4.79 Å². The molecule has 1 unspecified atom stereocenters. The Balaban J connectivity index is 1.99. The number of amides is 1. The van der Waals surface area contributed by atoms with Crippen LogP contribution < -0.4 is 16.0 Å². The Morgan fingerprint density at radius 3 is 2.56 bits per heavy atom. The third kappa shape index (κ3) is 5.20. The van der Waals surface area contributed by atoms with E-state index >= 15 is 0 Å². The Kier molecular flexibility index (Phi) is 5.74. The van der Waals surface area contributed by atoms with Crippen LogP contribution >= 0.6 is 0 Å². The second-order valence-electron chi connectivity index (χ2n) is 8.38. The number of rotatable bonds is 4. The zero-order valence-corrected chi connectivity index (χ0v) is 15.8. The van der Waals surface area contributed by atoms with Crippen molar-refractivity contribution in [1.82, 2.24) is 5.32 Å². The normalized spacial score (nSPS) is 18.3. The summed E-state index contributed by atoms with van der Waals surface area (Å²) in [4.78, 5) is 14.7. The van der Waals surface area contributed by atoms with Crippen molar-refractivity contribution in [2.75, 3.05) is 18.0 Å². The second kappa shape index (κ2) is 7.45. The largest absolute Gasteiger partial charge is 0.371 e. The molecule has 3 N–H and O–H groups in total. The van der Waals surface area contributed by atoms with Gasteiger partial charge in [0.2, 0.25) is 5.91 Å². The van der Waals surface area contributed by atoms with Gasteiger partial charge in [-0.1, -0.05) is 32.9 Å². The second-order valence-corrected chi connectivity index (χ2v) is 8.38. The highest BCUT2D eigenvalue weighted by molar-refractivity contribution is 5.82. The van der Waals surface area contributed by atoms with E-state index in [9.17, 15) is 10.1 Å². The van der Waals surface area contributed by atoms with Crippen molar-refractivity contribution in [3.8, 4) is 6.07 Å². The van der Waals surface area contributed by atoms with Crippen molar-refractivity contribution in [2.45, 2.75) is 58.5 Å². The van der Waals surface area contributed by atoms with E-state index in [4.69, 9.17) is 5.73 Å². The number of carbonyl (C=O) groups excluding carboxylic acids is 1. The van der Waals surface area contributed by atoms with E-state index in [2.05, 4.69) is 62.2 Å². The topological polar surface area (TPSA) is 82.2 Å². The molecule has 0 spiro atoms. The van der Waals surface area contributed by atoms with E-state index in [0.29, 0.717) is 19.3 Å². The predicted octanol–water partition coefficient (Wildman–Crippen LogP) is 2.74. The molecule has 1 heterocycles. The van der Waals surface area contributed by atoms with Crippen molar-refractivity contribution in [2.24, 2.45) is 11.1 Å². The molecule has 5 heteroatoms. The number of aryl methyl sites for hydroxylation is 1. The summed E-state index contributed by atoms with van der Waals surface area (Å²) in [5.74, 6) is -0.222. The minimum atomic E-state index is -0.813. The lowest BCUT2D eigenvalue weighted by molar-refractivity contribution is -0.124. The molecule has 0 radical (unpaired) electrons. The van der Waals surface area contributed by atoms with Gasteiger partial charge in [-0.05, 0) is 36.5 Å². The zero-order chi connectivity index (χ0) is 18.7. The molecule has 25 heavy (non-hydrogen) atoms. The lowest BCUT2D eigenvalue weighted by Gasteiger charge is -2.39. The number of nitrogens with two attached hydrogens (primary N) is 1. The molecule has 0 aromatic heterocycles. The first-order chi connectivity index (χ1) is 11.6.